The number of alkyl carbamates (subject to hydrolysis) is 1. The van der Waals surface area contributed by atoms with E-state index in [1.807, 2.05) is 20.8 Å². The molecular weight excluding hydrogens is 222 g/mol. The molecule has 0 bridgehead atoms. The molecule has 0 unspecified atom stereocenters. The molecule has 1 aliphatic carbocycles. The summed E-state index contributed by atoms with van der Waals surface area (Å²) in [5.41, 5.74) is -0.452. The molecule has 0 aliphatic heterocycles. The predicted molar refractivity (Wildman–Crippen MR) is 63.7 cm³/mol. The number of ether oxygens (including phenoxy) is 1. The lowest BCUT2D eigenvalue weighted by atomic mass is 9.87. The fraction of sp³-hybridized carbons (Fsp3) is 0.917. The van der Waals surface area contributed by atoms with Crippen molar-refractivity contribution in [3.63, 3.8) is 0 Å². The van der Waals surface area contributed by atoms with Crippen molar-refractivity contribution in [2.24, 2.45) is 5.92 Å². The number of hydrogen-bond acceptors (Lipinski definition) is 4. The van der Waals surface area contributed by atoms with Gasteiger partial charge in [-0.15, -0.1) is 0 Å². The molecule has 2 N–H and O–H groups in total. The van der Waals surface area contributed by atoms with Crippen LogP contribution in [0, 0.1) is 5.92 Å². The average Bonchev–Trinajstić information content (AvgIpc) is 2.18. The van der Waals surface area contributed by atoms with Gasteiger partial charge in [-0.25, -0.2) is 9.68 Å². The zero-order valence-corrected chi connectivity index (χ0v) is 10.9. The van der Waals surface area contributed by atoms with E-state index in [0.29, 0.717) is 12.5 Å². The fourth-order valence-corrected chi connectivity index (χ4v) is 2.05. The standard InChI is InChI=1S/C12H23NO4/c1-12(2,3)17-11(14)13-10-6-4-9(5-7-10)8-16-15/h9-10,15H,4-8H2,1-3H3,(H,13,14). The first kappa shape index (κ1) is 14.3. The van der Waals surface area contributed by atoms with Gasteiger partial charge < -0.3 is 10.1 Å². The van der Waals surface area contributed by atoms with E-state index in [-0.39, 0.29) is 12.1 Å². The number of carbonyl (C=O) groups is 1. The van der Waals surface area contributed by atoms with Gasteiger partial charge in [0.1, 0.15) is 5.60 Å². The molecule has 17 heavy (non-hydrogen) atoms. The Balaban J connectivity index is 2.24. The molecule has 0 radical (unpaired) electrons. The van der Waals surface area contributed by atoms with E-state index in [4.69, 9.17) is 9.99 Å². The van der Waals surface area contributed by atoms with Gasteiger partial charge in [0.15, 0.2) is 0 Å². The Labute approximate surface area is 102 Å². The van der Waals surface area contributed by atoms with Gasteiger partial charge in [0.2, 0.25) is 0 Å². The summed E-state index contributed by atoms with van der Waals surface area (Å²) >= 11 is 0. The summed E-state index contributed by atoms with van der Waals surface area (Å²) in [6.07, 6.45) is 3.39. The van der Waals surface area contributed by atoms with E-state index in [1.54, 1.807) is 0 Å². The minimum atomic E-state index is -0.452. The first-order chi connectivity index (χ1) is 7.90. The Bertz CT molecular complexity index is 241. The molecule has 1 fully saturated rings. The second kappa shape index (κ2) is 6.21. The van der Waals surface area contributed by atoms with E-state index in [9.17, 15) is 4.79 Å². The molecule has 5 nitrogen and oxygen atoms in total. The van der Waals surface area contributed by atoms with Gasteiger partial charge in [0.05, 0.1) is 6.61 Å². The highest BCUT2D eigenvalue weighted by molar-refractivity contribution is 5.68. The molecule has 100 valence electrons. The maximum atomic E-state index is 11.5. The van der Waals surface area contributed by atoms with Gasteiger partial charge in [-0.3, -0.25) is 5.26 Å². The number of amides is 1. The molecule has 0 aromatic rings. The Morgan fingerprint density at radius 1 is 1.29 bits per heavy atom. The highest BCUT2D eigenvalue weighted by atomic mass is 17.1. The topological polar surface area (TPSA) is 67.8 Å². The van der Waals surface area contributed by atoms with Crippen LogP contribution in [0.3, 0.4) is 0 Å². The van der Waals surface area contributed by atoms with E-state index < -0.39 is 5.60 Å². The van der Waals surface area contributed by atoms with Crippen LogP contribution in [0.4, 0.5) is 4.79 Å². The van der Waals surface area contributed by atoms with Crippen LogP contribution in [0.1, 0.15) is 46.5 Å². The number of hydrogen-bond donors (Lipinski definition) is 2. The van der Waals surface area contributed by atoms with Crippen molar-refractivity contribution in [2.75, 3.05) is 6.61 Å². The van der Waals surface area contributed by atoms with Crippen molar-refractivity contribution < 1.29 is 19.7 Å². The molecule has 0 aromatic heterocycles. The molecule has 0 spiro atoms. The summed E-state index contributed by atoms with van der Waals surface area (Å²) in [7, 11) is 0. The van der Waals surface area contributed by atoms with Crippen molar-refractivity contribution >= 4 is 6.09 Å². The second-order valence-corrected chi connectivity index (χ2v) is 5.66. The SMILES string of the molecule is CC(C)(C)OC(=O)NC1CCC(COO)CC1. The summed E-state index contributed by atoms with van der Waals surface area (Å²) in [5.74, 6) is 0.400. The Morgan fingerprint density at radius 3 is 2.35 bits per heavy atom. The van der Waals surface area contributed by atoms with Crippen LogP contribution in [0.25, 0.3) is 0 Å². The lowest BCUT2D eigenvalue weighted by molar-refractivity contribution is -0.252. The van der Waals surface area contributed by atoms with Crippen LogP contribution >= 0.6 is 0 Å². The van der Waals surface area contributed by atoms with Crippen molar-refractivity contribution in [3.05, 3.63) is 0 Å². The third kappa shape index (κ3) is 5.89. The minimum absolute atomic E-state index is 0.180. The summed E-state index contributed by atoms with van der Waals surface area (Å²) in [6, 6.07) is 0.180. The van der Waals surface area contributed by atoms with Gasteiger partial charge in [-0.1, -0.05) is 0 Å². The highest BCUT2D eigenvalue weighted by Gasteiger charge is 2.24. The lowest BCUT2D eigenvalue weighted by Gasteiger charge is -2.29. The quantitative estimate of drug-likeness (QED) is 0.592. The van der Waals surface area contributed by atoms with E-state index in [2.05, 4.69) is 10.2 Å². The van der Waals surface area contributed by atoms with Gasteiger partial charge in [0, 0.05) is 6.04 Å². The van der Waals surface area contributed by atoms with E-state index >= 15 is 0 Å². The molecule has 1 saturated carbocycles. The zero-order valence-electron chi connectivity index (χ0n) is 10.9. The van der Waals surface area contributed by atoms with Gasteiger partial charge in [0.25, 0.3) is 0 Å². The summed E-state index contributed by atoms with van der Waals surface area (Å²) < 4.78 is 5.20. The van der Waals surface area contributed by atoms with Gasteiger partial charge in [-0.05, 0) is 52.4 Å². The Morgan fingerprint density at radius 2 is 1.88 bits per heavy atom. The molecule has 0 atom stereocenters. The number of nitrogens with one attached hydrogen (secondary N) is 1. The molecule has 1 aliphatic rings. The second-order valence-electron chi connectivity index (χ2n) is 5.66. The van der Waals surface area contributed by atoms with Crippen molar-refractivity contribution in [1.82, 2.24) is 5.32 Å². The monoisotopic (exact) mass is 245 g/mol. The molecular formula is C12H23NO4. The minimum Gasteiger partial charge on any atom is -0.444 e. The van der Waals surface area contributed by atoms with Crippen molar-refractivity contribution in [1.29, 1.82) is 0 Å². The Hall–Kier alpha value is -0.810. The van der Waals surface area contributed by atoms with Crippen LogP contribution in [-0.2, 0) is 9.62 Å². The van der Waals surface area contributed by atoms with Crippen LogP contribution < -0.4 is 5.32 Å². The van der Waals surface area contributed by atoms with Crippen LogP contribution in [0.2, 0.25) is 0 Å². The molecule has 0 heterocycles. The first-order valence-electron chi connectivity index (χ1n) is 6.16. The number of carbonyl (C=O) groups excluding carboxylic acids is 1. The summed E-state index contributed by atoms with van der Waals surface area (Å²) in [4.78, 5) is 15.7. The molecule has 0 aromatic carbocycles. The zero-order chi connectivity index (χ0) is 12.9. The van der Waals surface area contributed by atoms with E-state index in [0.717, 1.165) is 25.7 Å². The molecule has 1 amide bonds. The van der Waals surface area contributed by atoms with Crippen LogP contribution in [0.5, 0.6) is 0 Å². The molecule has 1 rings (SSSR count). The maximum Gasteiger partial charge on any atom is 0.407 e. The third-order valence-electron chi connectivity index (χ3n) is 2.88. The molecule has 0 saturated heterocycles. The van der Waals surface area contributed by atoms with Crippen LogP contribution in [-0.4, -0.2) is 29.6 Å². The smallest absolute Gasteiger partial charge is 0.407 e. The summed E-state index contributed by atoms with van der Waals surface area (Å²) in [6.45, 7) is 5.94. The fourth-order valence-electron chi connectivity index (χ4n) is 2.05. The summed E-state index contributed by atoms with van der Waals surface area (Å²) in [5, 5.41) is 11.2. The van der Waals surface area contributed by atoms with E-state index in [1.165, 1.54) is 0 Å². The van der Waals surface area contributed by atoms with Crippen molar-refractivity contribution in [3.8, 4) is 0 Å². The average molecular weight is 245 g/mol. The highest BCUT2D eigenvalue weighted by Crippen LogP contribution is 2.24. The first-order valence-corrected chi connectivity index (χ1v) is 6.16. The largest absolute Gasteiger partial charge is 0.444 e. The lowest BCUT2D eigenvalue weighted by Crippen LogP contribution is -2.41. The predicted octanol–water partition coefficient (Wildman–Crippen LogP) is 2.56. The normalized spacial score (nSPS) is 25.4. The third-order valence-corrected chi connectivity index (χ3v) is 2.88. The van der Waals surface area contributed by atoms with Gasteiger partial charge in [-0.2, -0.15) is 0 Å². The Kier molecular flexibility index (Phi) is 5.21. The number of rotatable bonds is 3. The van der Waals surface area contributed by atoms with Crippen molar-refractivity contribution in [2.45, 2.75) is 58.1 Å². The maximum absolute atomic E-state index is 11.5. The molecule has 5 heteroatoms. The van der Waals surface area contributed by atoms with Crippen LogP contribution in [0.15, 0.2) is 0 Å². The van der Waals surface area contributed by atoms with Gasteiger partial charge >= 0.3 is 6.09 Å².